The van der Waals surface area contributed by atoms with Gasteiger partial charge < -0.3 is 33.4 Å². The fraction of sp³-hybridized carbons (Fsp3) is 0.240. The lowest BCUT2D eigenvalue weighted by molar-refractivity contribution is 0.287. The maximum Gasteiger partial charge on any atom is 0.209 e. The highest BCUT2D eigenvalue weighted by Crippen LogP contribution is 2.50. The molecular formula is C25H25NO7. The normalized spacial score (nSPS) is 10.9. The Labute approximate surface area is 190 Å². The fourth-order valence-electron chi connectivity index (χ4n) is 4.10. The summed E-state index contributed by atoms with van der Waals surface area (Å²) in [6.45, 7) is 0.275. The van der Waals surface area contributed by atoms with E-state index in [0.29, 0.717) is 27.9 Å². The van der Waals surface area contributed by atoms with Crippen molar-refractivity contribution >= 4 is 21.8 Å². The minimum atomic E-state index is -0.401. The number of aryl methyl sites for hydroxylation is 1. The predicted octanol–water partition coefficient (Wildman–Crippen LogP) is 4.01. The fourth-order valence-corrected chi connectivity index (χ4v) is 4.10. The van der Waals surface area contributed by atoms with Gasteiger partial charge in [0.1, 0.15) is 12.1 Å². The number of pyridine rings is 1. The van der Waals surface area contributed by atoms with Crippen LogP contribution >= 0.6 is 0 Å². The van der Waals surface area contributed by atoms with Gasteiger partial charge in [0.05, 0.1) is 44.7 Å². The molecule has 1 heterocycles. The summed E-state index contributed by atoms with van der Waals surface area (Å²) in [6.07, 6.45) is 0. The molecule has 0 amide bonds. The van der Waals surface area contributed by atoms with Crippen molar-refractivity contribution in [3.63, 3.8) is 0 Å². The number of hydrogen-bond donors (Lipinski definition) is 1. The number of rotatable bonds is 7. The minimum absolute atomic E-state index is 0.0207. The second-order valence-corrected chi connectivity index (χ2v) is 7.33. The number of aromatic nitrogens is 1. The van der Waals surface area contributed by atoms with Crippen LogP contribution in [0.4, 0.5) is 0 Å². The van der Waals surface area contributed by atoms with Gasteiger partial charge in [0.2, 0.25) is 16.9 Å². The Bertz CT molecular complexity index is 1390. The zero-order chi connectivity index (χ0) is 23.7. The van der Waals surface area contributed by atoms with Crippen molar-refractivity contribution in [2.24, 2.45) is 7.05 Å². The van der Waals surface area contributed by atoms with E-state index in [2.05, 4.69) is 0 Å². The van der Waals surface area contributed by atoms with Gasteiger partial charge in [-0.15, -0.1) is 0 Å². The number of ether oxygens (including phenoxy) is 5. The summed E-state index contributed by atoms with van der Waals surface area (Å²) in [4.78, 5) is 13.6. The highest BCUT2D eigenvalue weighted by Gasteiger charge is 2.28. The Morgan fingerprint density at radius 2 is 1.45 bits per heavy atom. The second kappa shape index (κ2) is 8.82. The number of phenolic OH excluding ortho intramolecular Hbond substituents is 1. The topological polar surface area (TPSA) is 88.4 Å². The van der Waals surface area contributed by atoms with Crippen molar-refractivity contribution in [2.75, 3.05) is 28.4 Å². The van der Waals surface area contributed by atoms with Crippen LogP contribution in [0.1, 0.15) is 5.56 Å². The van der Waals surface area contributed by atoms with Crippen LogP contribution in [0.2, 0.25) is 0 Å². The van der Waals surface area contributed by atoms with Crippen LogP contribution in [0.3, 0.4) is 0 Å². The second-order valence-electron chi connectivity index (χ2n) is 7.33. The molecule has 0 saturated heterocycles. The van der Waals surface area contributed by atoms with E-state index in [-0.39, 0.29) is 35.0 Å². The Balaban J connectivity index is 2.11. The Morgan fingerprint density at radius 3 is 2.06 bits per heavy atom. The number of benzene rings is 3. The van der Waals surface area contributed by atoms with E-state index in [1.165, 1.54) is 28.4 Å². The van der Waals surface area contributed by atoms with Gasteiger partial charge in [0.25, 0.3) is 0 Å². The lowest BCUT2D eigenvalue weighted by Crippen LogP contribution is -2.13. The van der Waals surface area contributed by atoms with Gasteiger partial charge in [0, 0.05) is 7.05 Å². The largest absolute Gasteiger partial charge is 0.504 e. The summed E-state index contributed by atoms with van der Waals surface area (Å²) in [5, 5.41) is 11.3. The van der Waals surface area contributed by atoms with E-state index >= 15 is 0 Å². The maximum atomic E-state index is 13.6. The molecule has 4 aromatic rings. The van der Waals surface area contributed by atoms with Gasteiger partial charge in [-0.1, -0.05) is 30.3 Å². The standard InChI is InChI=1S/C25H25NO7/c1-26-18-15(11-12-16(29-2)22(18)33-13-14-9-7-6-8-10-14)20(27)17-19(26)23(30-3)25(32-5)24(31-4)21(17)28/h6-12,28H,13H2,1-5H3. The third-order valence-corrected chi connectivity index (χ3v) is 5.61. The quantitative estimate of drug-likeness (QED) is 0.425. The molecular weight excluding hydrogens is 426 g/mol. The molecule has 1 N–H and O–H groups in total. The van der Waals surface area contributed by atoms with Crippen LogP contribution in [0.15, 0.2) is 47.3 Å². The van der Waals surface area contributed by atoms with Crippen LogP contribution in [-0.4, -0.2) is 38.1 Å². The summed E-state index contributed by atoms with van der Waals surface area (Å²) in [5.41, 5.74) is 1.39. The molecule has 0 aliphatic carbocycles. The summed E-state index contributed by atoms with van der Waals surface area (Å²) in [7, 11) is 7.57. The van der Waals surface area contributed by atoms with E-state index in [9.17, 15) is 9.90 Å². The average molecular weight is 451 g/mol. The molecule has 0 aliphatic heterocycles. The monoisotopic (exact) mass is 451 g/mol. The van der Waals surface area contributed by atoms with Gasteiger partial charge in [-0.3, -0.25) is 4.79 Å². The van der Waals surface area contributed by atoms with Gasteiger partial charge in [-0.2, -0.15) is 0 Å². The number of hydrogen-bond acceptors (Lipinski definition) is 7. The summed E-state index contributed by atoms with van der Waals surface area (Å²) in [5.74, 6) is 0.991. The third-order valence-electron chi connectivity index (χ3n) is 5.61. The number of methoxy groups -OCH3 is 4. The highest BCUT2D eigenvalue weighted by molar-refractivity contribution is 6.04. The number of nitrogens with zero attached hydrogens (tertiary/aromatic N) is 1. The molecule has 3 aromatic carbocycles. The number of phenols is 1. The Kier molecular flexibility index (Phi) is 5.91. The van der Waals surface area contributed by atoms with Gasteiger partial charge >= 0.3 is 0 Å². The smallest absolute Gasteiger partial charge is 0.209 e. The molecule has 172 valence electrons. The molecule has 4 rings (SSSR count). The molecule has 0 saturated carbocycles. The molecule has 0 atom stereocenters. The molecule has 0 aliphatic rings. The molecule has 0 spiro atoms. The van der Waals surface area contributed by atoms with E-state index in [0.717, 1.165) is 5.56 Å². The SMILES string of the molecule is COc1ccc2c(=O)c3c(O)c(OC)c(OC)c(OC)c3n(C)c2c1OCc1ccccc1. The summed E-state index contributed by atoms with van der Waals surface area (Å²) >= 11 is 0. The lowest BCUT2D eigenvalue weighted by Gasteiger charge is -2.21. The zero-order valence-electron chi connectivity index (χ0n) is 19.1. The first-order valence-electron chi connectivity index (χ1n) is 10.2. The molecule has 0 radical (unpaired) electrons. The predicted molar refractivity (Wildman–Crippen MR) is 125 cm³/mol. The third kappa shape index (κ3) is 3.44. The molecule has 8 nitrogen and oxygen atoms in total. The molecule has 33 heavy (non-hydrogen) atoms. The van der Waals surface area contributed by atoms with Crippen LogP contribution < -0.4 is 29.1 Å². The summed E-state index contributed by atoms with van der Waals surface area (Å²) in [6, 6.07) is 13.0. The van der Waals surface area contributed by atoms with Gasteiger partial charge in [0.15, 0.2) is 23.0 Å². The van der Waals surface area contributed by atoms with Crippen LogP contribution in [0.5, 0.6) is 34.5 Å². The zero-order valence-corrected chi connectivity index (χ0v) is 19.1. The van der Waals surface area contributed by atoms with E-state index in [1.54, 1.807) is 23.7 Å². The van der Waals surface area contributed by atoms with Crippen LogP contribution in [-0.2, 0) is 13.7 Å². The Morgan fingerprint density at radius 1 is 0.788 bits per heavy atom. The van der Waals surface area contributed by atoms with Crippen LogP contribution in [0, 0.1) is 0 Å². The first-order valence-corrected chi connectivity index (χ1v) is 10.2. The lowest BCUT2D eigenvalue weighted by atomic mass is 10.1. The first-order chi connectivity index (χ1) is 16.0. The highest BCUT2D eigenvalue weighted by atomic mass is 16.5. The van der Waals surface area contributed by atoms with Gasteiger partial charge in [-0.05, 0) is 17.7 Å². The van der Waals surface area contributed by atoms with Crippen molar-refractivity contribution in [3.8, 4) is 34.5 Å². The van der Waals surface area contributed by atoms with Crippen molar-refractivity contribution in [1.82, 2.24) is 4.57 Å². The summed E-state index contributed by atoms with van der Waals surface area (Å²) < 4.78 is 29.8. The van der Waals surface area contributed by atoms with E-state index in [1.807, 2.05) is 30.3 Å². The number of fused-ring (bicyclic) bond motifs is 2. The Hall–Kier alpha value is -4.07. The molecule has 8 heteroatoms. The van der Waals surface area contributed by atoms with Crippen molar-refractivity contribution in [2.45, 2.75) is 6.61 Å². The van der Waals surface area contributed by atoms with E-state index in [4.69, 9.17) is 23.7 Å². The molecule has 0 fully saturated rings. The van der Waals surface area contributed by atoms with Crippen molar-refractivity contribution < 1.29 is 28.8 Å². The van der Waals surface area contributed by atoms with E-state index < -0.39 is 5.43 Å². The molecule has 0 unspecified atom stereocenters. The first kappa shape index (κ1) is 22.1. The molecule has 0 bridgehead atoms. The van der Waals surface area contributed by atoms with Crippen LogP contribution in [0.25, 0.3) is 21.8 Å². The minimum Gasteiger partial charge on any atom is -0.504 e. The maximum absolute atomic E-state index is 13.6. The molecule has 1 aromatic heterocycles. The van der Waals surface area contributed by atoms with Crippen molar-refractivity contribution in [1.29, 1.82) is 0 Å². The number of aromatic hydroxyl groups is 1. The van der Waals surface area contributed by atoms with Crippen molar-refractivity contribution in [3.05, 3.63) is 58.3 Å². The van der Waals surface area contributed by atoms with Gasteiger partial charge in [-0.25, -0.2) is 0 Å². The average Bonchev–Trinajstić information content (AvgIpc) is 2.85.